The van der Waals surface area contributed by atoms with Gasteiger partial charge in [-0.2, -0.15) is 0 Å². The molecular formula is C10H12ClN3S. The van der Waals surface area contributed by atoms with Gasteiger partial charge in [-0.25, -0.2) is 4.98 Å². The van der Waals surface area contributed by atoms with Crippen molar-refractivity contribution in [2.75, 3.05) is 0 Å². The molecule has 0 saturated heterocycles. The molecule has 0 atom stereocenters. The molecule has 2 heterocycles. The van der Waals surface area contributed by atoms with Crippen molar-refractivity contribution in [3.05, 3.63) is 39.6 Å². The standard InChI is InChI=1S/C10H12ClN3S/c1-14-5-8(11)2-10(14)4-12-3-9-6-15-7-13-9/h2,5-7,12H,3-4H2,1H3. The van der Waals surface area contributed by atoms with Crippen molar-refractivity contribution in [3.63, 3.8) is 0 Å². The number of hydrogen-bond acceptors (Lipinski definition) is 3. The van der Waals surface area contributed by atoms with Gasteiger partial charge in [0.15, 0.2) is 0 Å². The third kappa shape index (κ3) is 2.81. The molecule has 2 aromatic rings. The lowest BCUT2D eigenvalue weighted by molar-refractivity contribution is 0.648. The Morgan fingerprint density at radius 1 is 1.53 bits per heavy atom. The van der Waals surface area contributed by atoms with Gasteiger partial charge >= 0.3 is 0 Å². The van der Waals surface area contributed by atoms with Gasteiger partial charge in [0.1, 0.15) is 0 Å². The third-order valence-corrected chi connectivity index (χ3v) is 3.01. The molecule has 0 bridgehead atoms. The molecule has 0 amide bonds. The van der Waals surface area contributed by atoms with Gasteiger partial charge in [0.25, 0.3) is 0 Å². The zero-order valence-electron chi connectivity index (χ0n) is 8.40. The van der Waals surface area contributed by atoms with Crippen LogP contribution in [0.4, 0.5) is 0 Å². The Bertz CT molecular complexity index is 422. The van der Waals surface area contributed by atoms with Crippen LogP contribution in [0.3, 0.4) is 0 Å². The molecule has 0 saturated carbocycles. The number of aromatic nitrogens is 2. The molecule has 3 nitrogen and oxygen atoms in total. The molecule has 5 heteroatoms. The number of nitrogens with one attached hydrogen (secondary N) is 1. The van der Waals surface area contributed by atoms with Crippen LogP contribution in [-0.2, 0) is 20.1 Å². The van der Waals surface area contributed by atoms with Crippen molar-refractivity contribution in [3.8, 4) is 0 Å². The van der Waals surface area contributed by atoms with Crippen LogP contribution in [-0.4, -0.2) is 9.55 Å². The molecule has 0 aromatic carbocycles. The highest BCUT2D eigenvalue weighted by molar-refractivity contribution is 7.07. The quantitative estimate of drug-likeness (QED) is 0.891. The van der Waals surface area contributed by atoms with Gasteiger partial charge in [0, 0.05) is 37.4 Å². The van der Waals surface area contributed by atoms with E-state index in [0.29, 0.717) is 0 Å². The fourth-order valence-electron chi connectivity index (χ4n) is 1.39. The molecule has 0 aliphatic rings. The monoisotopic (exact) mass is 241 g/mol. The Balaban J connectivity index is 1.86. The summed E-state index contributed by atoms with van der Waals surface area (Å²) in [5.41, 5.74) is 4.10. The van der Waals surface area contributed by atoms with E-state index in [2.05, 4.69) is 10.3 Å². The highest BCUT2D eigenvalue weighted by Crippen LogP contribution is 2.12. The summed E-state index contributed by atoms with van der Waals surface area (Å²) in [5.74, 6) is 0. The lowest BCUT2D eigenvalue weighted by Crippen LogP contribution is -2.14. The Hall–Kier alpha value is -0.840. The van der Waals surface area contributed by atoms with Crippen LogP contribution in [0.2, 0.25) is 5.02 Å². The fourth-order valence-corrected chi connectivity index (χ4v) is 2.22. The van der Waals surface area contributed by atoms with E-state index in [1.54, 1.807) is 11.3 Å². The molecule has 2 aromatic heterocycles. The first-order valence-electron chi connectivity index (χ1n) is 4.64. The van der Waals surface area contributed by atoms with Crippen molar-refractivity contribution in [2.24, 2.45) is 7.05 Å². The minimum Gasteiger partial charge on any atom is -0.352 e. The van der Waals surface area contributed by atoms with Gasteiger partial charge in [0.2, 0.25) is 0 Å². The van der Waals surface area contributed by atoms with Crippen LogP contribution in [0.25, 0.3) is 0 Å². The molecular weight excluding hydrogens is 230 g/mol. The van der Waals surface area contributed by atoms with Crippen LogP contribution in [0.1, 0.15) is 11.4 Å². The topological polar surface area (TPSA) is 29.9 Å². The van der Waals surface area contributed by atoms with Crippen LogP contribution in [0, 0.1) is 0 Å². The predicted molar refractivity (Wildman–Crippen MR) is 63.1 cm³/mol. The van der Waals surface area contributed by atoms with Crippen LogP contribution in [0.5, 0.6) is 0 Å². The molecule has 15 heavy (non-hydrogen) atoms. The van der Waals surface area contributed by atoms with Crippen LogP contribution < -0.4 is 5.32 Å². The number of rotatable bonds is 4. The zero-order chi connectivity index (χ0) is 10.7. The first-order valence-corrected chi connectivity index (χ1v) is 5.96. The lowest BCUT2D eigenvalue weighted by Gasteiger charge is -2.03. The molecule has 2 rings (SSSR count). The summed E-state index contributed by atoms with van der Waals surface area (Å²) in [6, 6.07) is 1.97. The molecule has 0 unspecified atom stereocenters. The molecule has 0 fully saturated rings. The van der Waals surface area contributed by atoms with E-state index >= 15 is 0 Å². The van der Waals surface area contributed by atoms with Gasteiger partial charge in [-0.15, -0.1) is 11.3 Å². The van der Waals surface area contributed by atoms with Crippen LogP contribution >= 0.6 is 22.9 Å². The Kier molecular flexibility index (Phi) is 3.41. The van der Waals surface area contributed by atoms with E-state index in [1.807, 2.05) is 34.8 Å². The van der Waals surface area contributed by atoms with Crippen LogP contribution in [0.15, 0.2) is 23.2 Å². The summed E-state index contributed by atoms with van der Waals surface area (Å²) in [4.78, 5) is 4.20. The van der Waals surface area contributed by atoms with E-state index in [0.717, 1.165) is 23.8 Å². The van der Waals surface area contributed by atoms with Gasteiger partial charge in [-0.3, -0.25) is 0 Å². The van der Waals surface area contributed by atoms with E-state index in [1.165, 1.54) is 5.69 Å². The summed E-state index contributed by atoms with van der Waals surface area (Å²) in [6.07, 6.45) is 1.90. The maximum absolute atomic E-state index is 5.88. The van der Waals surface area contributed by atoms with Gasteiger partial charge in [0.05, 0.1) is 16.2 Å². The Morgan fingerprint density at radius 3 is 3.00 bits per heavy atom. The van der Waals surface area contributed by atoms with Crippen molar-refractivity contribution in [1.29, 1.82) is 0 Å². The average Bonchev–Trinajstić information content (AvgIpc) is 2.77. The minimum atomic E-state index is 0.781. The summed E-state index contributed by atoms with van der Waals surface area (Å²) < 4.78 is 2.02. The van der Waals surface area contributed by atoms with Gasteiger partial charge in [-0.05, 0) is 6.07 Å². The third-order valence-electron chi connectivity index (χ3n) is 2.17. The van der Waals surface area contributed by atoms with Crippen molar-refractivity contribution >= 4 is 22.9 Å². The Morgan fingerprint density at radius 2 is 2.40 bits per heavy atom. The van der Waals surface area contributed by atoms with E-state index < -0.39 is 0 Å². The SMILES string of the molecule is Cn1cc(Cl)cc1CNCc1cscn1. The maximum Gasteiger partial charge on any atom is 0.0795 e. The second-order valence-corrected chi connectivity index (χ2v) is 4.50. The van der Waals surface area contributed by atoms with Crippen molar-refractivity contribution in [2.45, 2.75) is 13.1 Å². The first kappa shape index (κ1) is 10.7. The fraction of sp³-hybridized carbons (Fsp3) is 0.300. The van der Waals surface area contributed by atoms with Crippen molar-refractivity contribution < 1.29 is 0 Å². The Labute approximate surface area is 97.7 Å². The molecule has 0 spiro atoms. The first-order chi connectivity index (χ1) is 7.25. The molecule has 80 valence electrons. The summed E-state index contributed by atoms with van der Waals surface area (Å²) in [6.45, 7) is 1.60. The largest absolute Gasteiger partial charge is 0.352 e. The normalized spacial score (nSPS) is 10.8. The average molecular weight is 242 g/mol. The lowest BCUT2D eigenvalue weighted by atomic mass is 10.4. The second-order valence-electron chi connectivity index (χ2n) is 3.34. The van der Waals surface area contributed by atoms with E-state index in [-0.39, 0.29) is 0 Å². The molecule has 0 aliphatic heterocycles. The summed E-state index contributed by atoms with van der Waals surface area (Å²) >= 11 is 7.50. The predicted octanol–water partition coefficient (Wildman–Crippen LogP) is 2.42. The van der Waals surface area contributed by atoms with Gasteiger partial charge < -0.3 is 9.88 Å². The van der Waals surface area contributed by atoms with Gasteiger partial charge in [-0.1, -0.05) is 11.6 Å². The van der Waals surface area contributed by atoms with Crippen molar-refractivity contribution in [1.82, 2.24) is 14.9 Å². The number of thiazole rings is 1. The number of nitrogens with zero attached hydrogens (tertiary/aromatic N) is 2. The highest BCUT2D eigenvalue weighted by Gasteiger charge is 2.01. The number of hydrogen-bond donors (Lipinski definition) is 1. The second kappa shape index (κ2) is 4.79. The maximum atomic E-state index is 5.88. The smallest absolute Gasteiger partial charge is 0.0795 e. The van der Waals surface area contributed by atoms with E-state index in [9.17, 15) is 0 Å². The minimum absolute atomic E-state index is 0.781. The summed E-state index contributed by atoms with van der Waals surface area (Å²) in [7, 11) is 1.99. The summed E-state index contributed by atoms with van der Waals surface area (Å²) in [5, 5.41) is 6.15. The highest BCUT2D eigenvalue weighted by atomic mass is 35.5. The number of halogens is 1. The molecule has 1 N–H and O–H groups in total. The molecule has 0 radical (unpaired) electrons. The zero-order valence-corrected chi connectivity index (χ0v) is 9.98. The molecule has 0 aliphatic carbocycles. The number of aryl methyl sites for hydroxylation is 1. The van der Waals surface area contributed by atoms with E-state index in [4.69, 9.17) is 11.6 Å².